The van der Waals surface area contributed by atoms with Crippen molar-refractivity contribution in [3.63, 3.8) is 0 Å². The molecule has 0 saturated carbocycles. The van der Waals surface area contributed by atoms with Gasteiger partial charge in [-0.25, -0.2) is 0 Å². The fourth-order valence-corrected chi connectivity index (χ4v) is 3.07. The maximum Gasteiger partial charge on any atom is 0.226 e. The highest BCUT2D eigenvalue weighted by molar-refractivity contribution is 5.78. The average molecular weight is 340 g/mol. The van der Waals surface area contributed by atoms with Gasteiger partial charge in [0, 0.05) is 25.9 Å². The Labute approximate surface area is 148 Å². The molecule has 25 heavy (non-hydrogen) atoms. The number of hydrogen-bond donors (Lipinski definition) is 1. The Bertz CT molecular complexity index is 673. The molecule has 0 bridgehead atoms. The summed E-state index contributed by atoms with van der Waals surface area (Å²) >= 11 is 0. The molecule has 5 nitrogen and oxygen atoms in total. The highest BCUT2D eigenvalue weighted by atomic mass is 16.5. The van der Waals surface area contributed by atoms with E-state index in [0.29, 0.717) is 19.6 Å². The number of amides is 1. The molecule has 5 heteroatoms. The summed E-state index contributed by atoms with van der Waals surface area (Å²) in [5, 5.41) is 9.29. The number of likely N-dealkylation sites (tertiary alicyclic amines) is 1. The molecule has 1 saturated heterocycles. The van der Waals surface area contributed by atoms with Gasteiger partial charge in [-0.15, -0.1) is 0 Å². The summed E-state index contributed by atoms with van der Waals surface area (Å²) < 4.78 is 5.71. The maximum absolute atomic E-state index is 12.4. The maximum atomic E-state index is 12.4. The van der Waals surface area contributed by atoms with Crippen molar-refractivity contribution in [1.82, 2.24) is 9.88 Å². The predicted octanol–water partition coefficient (Wildman–Crippen LogP) is 2.43. The molecule has 1 unspecified atom stereocenters. The Morgan fingerprint density at radius 2 is 2.08 bits per heavy atom. The molecule has 1 atom stereocenters. The van der Waals surface area contributed by atoms with Crippen molar-refractivity contribution in [2.24, 2.45) is 5.92 Å². The molecule has 1 aromatic carbocycles. The summed E-state index contributed by atoms with van der Waals surface area (Å²) in [5.41, 5.74) is 1.85. The normalized spacial score (nSPS) is 17.3. The fraction of sp³-hybridized carbons (Fsp3) is 0.400. The topological polar surface area (TPSA) is 62.7 Å². The van der Waals surface area contributed by atoms with Gasteiger partial charge in [-0.05, 0) is 48.6 Å². The second-order valence-electron chi connectivity index (χ2n) is 6.46. The van der Waals surface area contributed by atoms with Gasteiger partial charge in [-0.1, -0.05) is 18.2 Å². The number of benzene rings is 1. The third-order valence-corrected chi connectivity index (χ3v) is 4.52. The predicted molar refractivity (Wildman–Crippen MR) is 95.1 cm³/mol. The van der Waals surface area contributed by atoms with E-state index in [1.807, 2.05) is 47.4 Å². The van der Waals surface area contributed by atoms with Gasteiger partial charge in [0.1, 0.15) is 12.4 Å². The second-order valence-corrected chi connectivity index (χ2v) is 6.46. The highest BCUT2D eigenvalue weighted by Gasteiger charge is 2.22. The van der Waals surface area contributed by atoms with Crippen LogP contribution in [0.1, 0.15) is 24.1 Å². The first-order valence-electron chi connectivity index (χ1n) is 8.75. The van der Waals surface area contributed by atoms with Gasteiger partial charge >= 0.3 is 0 Å². The number of carbonyl (C=O) groups excluding carboxylic acids is 1. The first-order chi connectivity index (χ1) is 12.2. The van der Waals surface area contributed by atoms with Gasteiger partial charge in [0.25, 0.3) is 0 Å². The van der Waals surface area contributed by atoms with Crippen LogP contribution in [-0.4, -0.2) is 40.6 Å². The molecule has 1 aliphatic rings. The first-order valence-corrected chi connectivity index (χ1v) is 8.75. The average Bonchev–Trinajstić information content (AvgIpc) is 2.68. The number of aliphatic hydroxyl groups is 1. The van der Waals surface area contributed by atoms with Crippen LogP contribution in [0.15, 0.2) is 48.7 Å². The molecule has 0 radical (unpaired) electrons. The number of carbonyl (C=O) groups is 1. The van der Waals surface area contributed by atoms with E-state index in [1.54, 1.807) is 6.20 Å². The molecule has 2 heterocycles. The van der Waals surface area contributed by atoms with Crippen LogP contribution in [0.5, 0.6) is 5.75 Å². The molecule has 1 N–H and O–H groups in total. The van der Waals surface area contributed by atoms with Crippen molar-refractivity contribution >= 4 is 5.91 Å². The van der Waals surface area contributed by atoms with Gasteiger partial charge in [-0.2, -0.15) is 0 Å². The Balaban J connectivity index is 1.51. The summed E-state index contributed by atoms with van der Waals surface area (Å²) in [7, 11) is 0. The minimum Gasteiger partial charge on any atom is -0.487 e. The molecule has 0 aliphatic carbocycles. The monoisotopic (exact) mass is 340 g/mol. The zero-order valence-electron chi connectivity index (χ0n) is 14.3. The van der Waals surface area contributed by atoms with E-state index in [-0.39, 0.29) is 18.4 Å². The third kappa shape index (κ3) is 5.03. The van der Waals surface area contributed by atoms with Crippen molar-refractivity contribution in [2.45, 2.75) is 25.9 Å². The van der Waals surface area contributed by atoms with E-state index in [9.17, 15) is 9.90 Å². The Morgan fingerprint density at radius 3 is 2.80 bits per heavy atom. The molecule has 1 amide bonds. The van der Waals surface area contributed by atoms with Gasteiger partial charge in [-0.3, -0.25) is 9.78 Å². The zero-order chi connectivity index (χ0) is 17.5. The summed E-state index contributed by atoms with van der Waals surface area (Å²) in [6.07, 6.45) is 4.11. The van der Waals surface area contributed by atoms with Crippen LogP contribution >= 0.6 is 0 Å². The van der Waals surface area contributed by atoms with Gasteiger partial charge in [0.15, 0.2) is 0 Å². The van der Waals surface area contributed by atoms with Crippen molar-refractivity contribution in [1.29, 1.82) is 0 Å². The van der Waals surface area contributed by atoms with Crippen molar-refractivity contribution < 1.29 is 14.6 Å². The van der Waals surface area contributed by atoms with E-state index in [1.165, 1.54) is 0 Å². The first kappa shape index (κ1) is 17.4. The van der Waals surface area contributed by atoms with Crippen LogP contribution in [0.2, 0.25) is 0 Å². The summed E-state index contributed by atoms with van der Waals surface area (Å²) in [6, 6.07) is 13.4. The number of hydrogen-bond acceptors (Lipinski definition) is 4. The molecule has 3 rings (SSSR count). The van der Waals surface area contributed by atoms with Gasteiger partial charge < -0.3 is 14.7 Å². The van der Waals surface area contributed by atoms with E-state index in [4.69, 9.17) is 4.74 Å². The Kier molecular flexibility index (Phi) is 6.01. The van der Waals surface area contributed by atoms with Gasteiger partial charge in [0.2, 0.25) is 5.91 Å². The SMILES string of the molecule is O=C(Cc1ccc(OCc2ccccn2)cc1)N1CCCC(CO)C1. The minimum atomic E-state index is 0.125. The molecule has 2 aromatic rings. The molecule has 1 fully saturated rings. The molecule has 0 spiro atoms. The molecule has 1 aromatic heterocycles. The number of nitrogens with zero attached hydrogens (tertiary/aromatic N) is 2. The van der Waals surface area contributed by atoms with E-state index < -0.39 is 0 Å². The lowest BCUT2D eigenvalue weighted by Gasteiger charge is -2.32. The van der Waals surface area contributed by atoms with E-state index in [0.717, 1.165) is 36.4 Å². The van der Waals surface area contributed by atoms with Crippen molar-refractivity contribution in [2.75, 3.05) is 19.7 Å². The lowest BCUT2D eigenvalue weighted by atomic mass is 9.98. The van der Waals surface area contributed by atoms with Gasteiger partial charge in [0.05, 0.1) is 12.1 Å². The van der Waals surface area contributed by atoms with Crippen molar-refractivity contribution in [3.8, 4) is 5.75 Å². The molecule has 132 valence electrons. The quantitative estimate of drug-likeness (QED) is 0.877. The van der Waals surface area contributed by atoms with Crippen LogP contribution in [0.4, 0.5) is 0 Å². The Morgan fingerprint density at radius 1 is 1.24 bits per heavy atom. The summed E-state index contributed by atoms with van der Waals surface area (Å²) in [5.74, 6) is 1.11. The van der Waals surface area contributed by atoms with E-state index >= 15 is 0 Å². The number of rotatable bonds is 6. The largest absolute Gasteiger partial charge is 0.487 e. The summed E-state index contributed by atoms with van der Waals surface area (Å²) in [4.78, 5) is 18.5. The van der Waals surface area contributed by atoms with Crippen molar-refractivity contribution in [3.05, 3.63) is 59.9 Å². The van der Waals surface area contributed by atoms with Crippen LogP contribution in [0.3, 0.4) is 0 Å². The zero-order valence-corrected chi connectivity index (χ0v) is 14.3. The number of ether oxygens (including phenoxy) is 1. The van der Waals surface area contributed by atoms with Crippen LogP contribution < -0.4 is 4.74 Å². The smallest absolute Gasteiger partial charge is 0.226 e. The molecular weight excluding hydrogens is 316 g/mol. The lowest BCUT2D eigenvalue weighted by Crippen LogP contribution is -2.41. The standard InChI is InChI=1S/C20H24N2O3/c23-14-17-4-3-11-22(13-17)20(24)12-16-6-8-19(9-7-16)25-15-18-5-1-2-10-21-18/h1-2,5-10,17,23H,3-4,11-15H2. The second kappa shape index (κ2) is 8.62. The minimum absolute atomic E-state index is 0.125. The number of piperidine rings is 1. The number of aromatic nitrogens is 1. The number of pyridine rings is 1. The third-order valence-electron chi connectivity index (χ3n) is 4.52. The lowest BCUT2D eigenvalue weighted by molar-refractivity contribution is -0.132. The number of aliphatic hydroxyl groups excluding tert-OH is 1. The Hall–Kier alpha value is -2.40. The highest BCUT2D eigenvalue weighted by Crippen LogP contribution is 2.18. The molecule has 1 aliphatic heterocycles. The van der Waals surface area contributed by atoms with Crippen LogP contribution in [0, 0.1) is 5.92 Å². The van der Waals surface area contributed by atoms with Crippen LogP contribution in [0.25, 0.3) is 0 Å². The van der Waals surface area contributed by atoms with E-state index in [2.05, 4.69) is 4.98 Å². The molecular formula is C20H24N2O3. The fourth-order valence-electron chi connectivity index (χ4n) is 3.07. The summed E-state index contributed by atoms with van der Waals surface area (Å²) in [6.45, 7) is 2.04. The van der Waals surface area contributed by atoms with Crippen LogP contribution in [-0.2, 0) is 17.8 Å².